The molecule has 1 N–H and O–H groups in total. The molecule has 2 aromatic heterocycles. The molecule has 3 heterocycles. The van der Waals surface area contributed by atoms with E-state index in [2.05, 4.69) is 4.98 Å². The van der Waals surface area contributed by atoms with Crippen LogP contribution in [0.3, 0.4) is 0 Å². The third kappa shape index (κ3) is 3.73. The molecule has 6 nitrogen and oxygen atoms in total. The molecular weight excluding hydrogens is 386 g/mol. The molecule has 0 bridgehead atoms. The van der Waals surface area contributed by atoms with Gasteiger partial charge in [0.1, 0.15) is 0 Å². The van der Waals surface area contributed by atoms with Crippen molar-refractivity contribution >= 4 is 23.0 Å². The van der Waals surface area contributed by atoms with Crippen molar-refractivity contribution in [1.82, 2.24) is 14.5 Å². The maximum Gasteiger partial charge on any atom is 0.290 e. The molecule has 1 aliphatic rings. The number of aryl methyl sites for hydroxylation is 2. The lowest BCUT2D eigenvalue weighted by molar-refractivity contribution is -0.129. The van der Waals surface area contributed by atoms with Crippen LogP contribution in [0.15, 0.2) is 71.8 Å². The molecule has 3 aromatic rings. The minimum absolute atomic E-state index is 0.156. The smallest absolute Gasteiger partial charge is 0.290 e. The quantitative estimate of drug-likeness (QED) is 0.603. The molecule has 1 aromatic carbocycles. The van der Waals surface area contributed by atoms with Crippen molar-refractivity contribution in [2.45, 2.75) is 25.9 Å². The monoisotopic (exact) mass is 407 g/mol. The zero-order valence-electron chi connectivity index (χ0n) is 16.0. The summed E-state index contributed by atoms with van der Waals surface area (Å²) in [4.78, 5) is 32.1. The van der Waals surface area contributed by atoms with Gasteiger partial charge in [0.15, 0.2) is 5.76 Å². The molecule has 0 unspecified atom stereocenters. The van der Waals surface area contributed by atoms with E-state index >= 15 is 0 Å². The first kappa shape index (κ1) is 19.1. The number of carbonyl (C=O) groups excluding carboxylic acids is 2. The fourth-order valence-corrected chi connectivity index (χ4v) is 4.27. The van der Waals surface area contributed by atoms with Crippen LogP contribution in [0, 0.1) is 6.92 Å². The van der Waals surface area contributed by atoms with E-state index in [1.165, 1.54) is 11.3 Å². The van der Waals surface area contributed by atoms with E-state index in [1.807, 2.05) is 47.3 Å². The third-order valence-electron chi connectivity index (χ3n) is 5.06. The lowest BCUT2D eigenvalue weighted by Crippen LogP contribution is -2.32. The number of aromatic nitrogens is 2. The Balaban J connectivity index is 1.66. The number of thiophene rings is 1. The standard InChI is InChI=1S/C22H21N3O3S/c1-15-5-7-16(8-6-15)19-18(20(26)17-4-2-13-29-17)21(27)22(28)25(19)11-3-10-24-12-9-23-14-24/h2,4-9,12-14,19,27H,3,10-11H2,1H3/t19-/m1/s1. The first-order valence-electron chi connectivity index (χ1n) is 9.41. The predicted octanol–water partition coefficient (Wildman–Crippen LogP) is 3.92. The minimum atomic E-state index is -0.597. The van der Waals surface area contributed by atoms with E-state index in [4.69, 9.17) is 0 Å². The van der Waals surface area contributed by atoms with Crippen LogP contribution in [0.2, 0.25) is 0 Å². The first-order valence-corrected chi connectivity index (χ1v) is 10.3. The van der Waals surface area contributed by atoms with Crippen LogP contribution < -0.4 is 0 Å². The molecule has 0 radical (unpaired) electrons. The number of benzene rings is 1. The Labute approximate surface area is 172 Å². The van der Waals surface area contributed by atoms with Crippen LogP contribution in [0.1, 0.15) is 33.3 Å². The number of nitrogens with zero attached hydrogens (tertiary/aromatic N) is 3. The van der Waals surface area contributed by atoms with E-state index < -0.39 is 17.7 Å². The molecule has 0 saturated heterocycles. The van der Waals surface area contributed by atoms with Crippen molar-refractivity contribution in [1.29, 1.82) is 0 Å². The van der Waals surface area contributed by atoms with Crippen LogP contribution >= 0.6 is 11.3 Å². The van der Waals surface area contributed by atoms with Crippen LogP contribution in [0.4, 0.5) is 0 Å². The predicted molar refractivity (Wildman–Crippen MR) is 111 cm³/mol. The maximum atomic E-state index is 13.1. The van der Waals surface area contributed by atoms with E-state index in [1.54, 1.807) is 29.6 Å². The van der Waals surface area contributed by atoms with E-state index in [-0.39, 0.29) is 11.4 Å². The summed E-state index contributed by atoms with van der Waals surface area (Å²) < 4.78 is 1.94. The lowest BCUT2D eigenvalue weighted by Gasteiger charge is -2.27. The molecule has 0 spiro atoms. The largest absolute Gasteiger partial charge is 0.503 e. The second kappa shape index (κ2) is 8.05. The number of aliphatic hydroxyl groups is 1. The number of aliphatic hydroxyl groups excluding tert-OH is 1. The van der Waals surface area contributed by atoms with Crippen molar-refractivity contribution in [2.24, 2.45) is 0 Å². The number of hydrogen-bond donors (Lipinski definition) is 1. The normalized spacial score (nSPS) is 16.7. The highest BCUT2D eigenvalue weighted by Crippen LogP contribution is 2.39. The molecule has 0 fully saturated rings. The summed E-state index contributed by atoms with van der Waals surface area (Å²) in [6.07, 6.45) is 5.98. The fraction of sp³-hybridized carbons (Fsp3) is 0.227. The number of amides is 1. The Hall–Kier alpha value is -3.19. The fourth-order valence-electron chi connectivity index (χ4n) is 3.59. The van der Waals surface area contributed by atoms with Gasteiger partial charge < -0.3 is 14.6 Å². The molecular formula is C22H21N3O3S. The van der Waals surface area contributed by atoms with Gasteiger partial charge in [0.25, 0.3) is 5.91 Å². The molecule has 4 rings (SSSR count). The average Bonchev–Trinajstić information content (AvgIpc) is 3.47. The second-order valence-corrected chi connectivity index (χ2v) is 7.98. The number of imidazole rings is 1. The van der Waals surface area contributed by atoms with Crippen molar-refractivity contribution < 1.29 is 14.7 Å². The topological polar surface area (TPSA) is 75.4 Å². The van der Waals surface area contributed by atoms with Gasteiger partial charge in [-0.1, -0.05) is 35.9 Å². The Morgan fingerprint density at radius 3 is 2.66 bits per heavy atom. The van der Waals surface area contributed by atoms with Gasteiger partial charge >= 0.3 is 0 Å². The molecule has 29 heavy (non-hydrogen) atoms. The molecule has 1 amide bonds. The Morgan fingerprint density at radius 1 is 1.21 bits per heavy atom. The Bertz CT molecular complexity index is 1040. The summed E-state index contributed by atoms with van der Waals surface area (Å²) in [5, 5.41) is 12.4. The summed E-state index contributed by atoms with van der Waals surface area (Å²) in [6.45, 7) is 3.09. The lowest BCUT2D eigenvalue weighted by atomic mass is 9.95. The van der Waals surface area contributed by atoms with Gasteiger partial charge in [0, 0.05) is 25.5 Å². The highest BCUT2D eigenvalue weighted by Gasteiger charge is 2.43. The minimum Gasteiger partial charge on any atom is -0.503 e. The van der Waals surface area contributed by atoms with E-state index in [0.29, 0.717) is 24.4 Å². The number of Topliss-reactive ketones (excluding diaryl/α,β-unsaturated/α-hetero) is 1. The van der Waals surface area contributed by atoms with Gasteiger partial charge in [-0.25, -0.2) is 4.98 Å². The number of carbonyl (C=O) groups is 2. The summed E-state index contributed by atoms with van der Waals surface area (Å²) in [7, 11) is 0. The van der Waals surface area contributed by atoms with Gasteiger partial charge in [-0.2, -0.15) is 0 Å². The third-order valence-corrected chi connectivity index (χ3v) is 5.93. The van der Waals surface area contributed by atoms with Crippen molar-refractivity contribution in [3.05, 3.63) is 87.8 Å². The highest BCUT2D eigenvalue weighted by atomic mass is 32.1. The van der Waals surface area contributed by atoms with Gasteiger partial charge in [0.05, 0.1) is 22.8 Å². The first-order chi connectivity index (χ1) is 14.1. The van der Waals surface area contributed by atoms with Crippen molar-refractivity contribution in [3.8, 4) is 0 Å². The second-order valence-electron chi connectivity index (χ2n) is 7.03. The summed E-state index contributed by atoms with van der Waals surface area (Å²) >= 11 is 1.30. The maximum absolute atomic E-state index is 13.1. The highest BCUT2D eigenvalue weighted by molar-refractivity contribution is 7.12. The van der Waals surface area contributed by atoms with Gasteiger partial charge in [-0.3, -0.25) is 9.59 Å². The van der Waals surface area contributed by atoms with Gasteiger partial charge in [0.2, 0.25) is 5.78 Å². The van der Waals surface area contributed by atoms with Crippen LogP contribution in [-0.2, 0) is 11.3 Å². The van der Waals surface area contributed by atoms with Crippen LogP contribution in [0.5, 0.6) is 0 Å². The molecule has 1 atom stereocenters. The zero-order chi connectivity index (χ0) is 20.4. The van der Waals surface area contributed by atoms with E-state index in [0.717, 1.165) is 11.1 Å². The number of hydrogen-bond acceptors (Lipinski definition) is 5. The SMILES string of the molecule is Cc1ccc([C@@H]2C(C(=O)c3cccs3)=C(O)C(=O)N2CCCn2ccnc2)cc1. The molecule has 0 saturated carbocycles. The summed E-state index contributed by atoms with van der Waals surface area (Å²) in [5.41, 5.74) is 2.06. The Morgan fingerprint density at radius 2 is 2.00 bits per heavy atom. The molecule has 1 aliphatic heterocycles. The summed E-state index contributed by atoms with van der Waals surface area (Å²) in [6, 6.07) is 10.6. The molecule has 7 heteroatoms. The van der Waals surface area contributed by atoms with Crippen molar-refractivity contribution in [2.75, 3.05) is 6.54 Å². The number of ketones is 1. The van der Waals surface area contributed by atoms with Crippen LogP contribution in [0.25, 0.3) is 0 Å². The van der Waals surface area contributed by atoms with E-state index in [9.17, 15) is 14.7 Å². The van der Waals surface area contributed by atoms with Gasteiger partial charge in [-0.05, 0) is 30.4 Å². The zero-order valence-corrected chi connectivity index (χ0v) is 16.8. The van der Waals surface area contributed by atoms with Crippen molar-refractivity contribution in [3.63, 3.8) is 0 Å². The molecule has 0 aliphatic carbocycles. The Kier molecular flexibility index (Phi) is 5.31. The van der Waals surface area contributed by atoms with Gasteiger partial charge in [-0.15, -0.1) is 11.3 Å². The molecule has 148 valence electrons. The number of rotatable bonds is 7. The van der Waals surface area contributed by atoms with Crippen LogP contribution in [-0.4, -0.2) is 37.8 Å². The summed E-state index contributed by atoms with van der Waals surface area (Å²) in [5.74, 6) is -1.24. The average molecular weight is 407 g/mol.